The number of aliphatic hydroxyl groups is 2. The monoisotopic (exact) mass is 360 g/mol. The van der Waals surface area contributed by atoms with Crippen LogP contribution in [0.5, 0.6) is 0 Å². The third-order valence-corrected chi connectivity index (χ3v) is 3.29. The molecule has 4 nitrogen and oxygen atoms in total. The summed E-state index contributed by atoms with van der Waals surface area (Å²) >= 11 is 0. The highest BCUT2D eigenvalue weighted by Gasteiger charge is 1.94. The molecule has 0 radical (unpaired) electrons. The lowest BCUT2D eigenvalue weighted by Crippen LogP contribution is -1.98. The van der Waals surface area contributed by atoms with Gasteiger partial charge in [-0.1, -0.05) is 79.8 Å². The van der Waals surface area contributed by atoms with E-state index in [4.69, 9.17) is 5.11 Å². The predicted octanol–water partition coefficient (Wildman–Crippen LogP) is 4.49. The van der Waals surface area contributed by atoms with Gasteiger partial charge in [-0.3, -0.25) is 4.79 Å². The van der Waals surface area contributed by atoms with E-state index in [1.807, 2.05) is 48.6 Å². The first kappa shape index (κ1) is 23.8. The van der Waals surface area contributed by atoms with E-state index in [0.29, 0.717) is 19.3 Å². The highest BCUT2D eigenvalue weighted by Crippen LogP contribution is 2.00. The van der Waals surface area contributed by atoms with E-state index in [-0.39, 0.29) is 6.42 Å². The van der Waals surface area contributed by atoms with Crippen molar-refractivity contribution < 1.29 is 20.1 Å². The third kappa shape index (κ3) is 18.2. The molecule has 0 rings (SSSR count). The van der Waals surface area contributed by atoms with Crippen molar-refractivity contribution in [2.75, 3.05) is 0 Å². The van der Waals surface area contributed by atoms with Crippen LogP contribution in [-0.4, -0.2) is 33.5 Å². The van der Waals surface area contributed by atoms with Gasteiger partial charge in [0.05, 0.1) is 12.2 Å². The number of allylic oxidation sites excluding steroid dienone is 8. The van der Waals surface area contributed by atoms with Gasteiger partial charge in [0, 0.05) is 6.42 Å². The Morgan fingerprint density at radius 2 is 1.35 bits per heavy atom. The standard InChI is InChI=1S/C22H32O4/c1-2-3-10-15-20(23)17-12-8-9-13-18-21(24)16-11-6-4-5-7-14-19-22(25)26/h3,5-13,17-18,20-21,23-24H,2,4,14-16,19H2,1H3,(H,25,26)/b7-5-,9-8-,10-3-,11-6-,17-12+,18-13+. The van der Waals surface area contributed by atoms with E-state index in [9.17, 15) is 15.0 Å². The lowest BCUT2D eigenvalue weighted by Gasteiger charge is -1.99. The normalized spacial score (nSPS) is 15.5. The highest BCUT2D eigenvalue weighted by atomic mass is 16.4. The zero-order valence-electron chi connectivity index (χ0n) is 15.6. The molecule has 0 fully saturated rings. The quantitative estimate of drug-likeness (QED) is 0.315. The Morgan fingerprint density at radius 1 is 0.808 bits per heavy atom. The summed E-state index contributed by atoms with van der Waals surface area (Å²) in [6.07, 6.45) is 24.8. The molecule has 0 aliphatic heterocycles. The SMILES string of the molecule is CC/C=C\CC(O)/C=C/C=C\C=C\C(O)C/C=C\C/C=C\CCC(=O)O. The fraction of sp³-hybridized carbons (Fsp3) is 0.409. The van der Waals surface area contributed by atoms with E-state index in [1.165, 1.54) is 0 Å². The Morgan fingerprint density at radius 3 is 1.88 bits per heavy atom. The molecule has 26 heavy (non-hydrogen) atoms. The number of hydrogen-bond donors (Lipinski definition) is 3. The van der Waals surface area contributed by atoms with Crippen LogP contribution in [0.15, 0.2) is 72.9 Å². The van der Waals surface area contributed by atoms with E-state index in [2.05, 4.69) is 6.92 Å². The molecule has 2 unspecified atom stereocenters. The first-order chi connectivity index (χ1) is 12.6. The Kier molecular flexibility index (Phi) is 16.2. The van der Waals surface area contributed by atoms with Crippen molar-refractivity contribution in [2.24, 2.45) is 0 Å². The lowest BCUT2D eigenvalue weighted by atomic mass is 10.2. The molecule has 0 aliphatic carbocycles. The van der Waals surface area contributed by atoms with Crippen molar-refractivity contribution >= 4 is 5.97 Å². The van der Waals surface area contributed by atoms with Crippen LogP contribution < -0.4 is 0 Å². The van der Waals surface area contributed by atoms with Gasteiger partial charge in [0.15, 0.2) is 0 Å². The third-order valence-electron chi connectivity index (χ3n) is 3.29. The molecule has 3 N–H and O–H groups in total. The highest BCUT2D eigenvalue weighted by molar-refractivity contribution is 5.66. The lowest BCUT2D eigenvalue weighted by molar-refractivity contribution is -0.136. The van der Waals surface area contributed by atoms with Crippen LogP contribution in [-0.2, 0) is 4.79 Å². The molecule has 2 atom stereocenters. The topological polar surface area (TPSA) is 77.8 Å². The summed E-state index contributed by atoms with van der Waals surface area (Å²) in [5.41, 5.74) is 0. The Balaban J connectivity index is 3.87. The van der Waals surface area contributed by atoms with Gasteiger partial charge in [0.1, 0.15) is 0 Å². The van der Waals surface area contributed by atoms with Crippen LogP contribution in [0.1, 0.15) is 45.4 Å². The van der Waals surface area contributed by atoms with Crippen molar-refractivity contribution in [2.45, 2.75) is 57.7 Å². The summed E-state index contributed by atoms with van der Waals surface area (Å²) in [6, 6.07) is 0. The molecule has 0 aromatic rings. The first-order valence-corrected chi connectivity index (χ1v) is 9.10. The molecule has 4 heteroatoms. The van der Waals surface area contributed by atoms with Crippen molar-refractivity contribution in [3.63, 3.8) is 0 Å². The van der Waals surface area contributed by atoms with Crippen molar-refractivity contribution in [3.05, 3.63) is 72.9 Å². The minimum Gasteiger partial charge on any atom is -0.481 e. The second-order valence-electron chi connectivity index (χ2n) is 5.75. The minimum atomic E-state index is -0.787. The van der Waals surface area contributed by atoms with E-state index < -0.39 is 18.2 Å². The van der Waals surface area contributed by atoms with Crippen molar-refractivity contribution in [1.29, 1.82) is 0 Å². The molecular weight excluding hydrogens is 328 g/mol. The van der Waals surface area contributed by atoms with Gasteiger partial charge in [0.25, 0.3) is 0 Å². The number of carboxylic acid groups (broad SMARTS) is 1. The molecule has 0 aliphatic rings. The maximum Gasteiger partial charge on any atom is 0.303 e. The second kappa shape index (κ2) is 17.6. The fourth-order valence-electron chi connectivity index (χ4n) is 1.90. The van der Waals surface area contributed by atoms with Crippen LogP contribution in [0.2, 0.25) is 0 Å². The Hall–Kier alpha value is -2.17. The second-order valence-corrected chi connectivity index (χ2v) is 5.75. The Labute approximate surface area is 157 Å². The van der Waals surface area contributed by atoms with Gasteiger partial charge in [-0.25, -0.2) is 0 Å². The average molecular weight is 360 g/mol. The molecule has 0 bridgehead atoms. The number of aliphatic hydroxyl groups excluding tert-OH is 2. The fourth-order valence-corrected chi connectivity index (χ4v) is 1.90. The molecule has 0 spiro atoms. The van der Waals surface area contributed by atoms with Crippen LogP contribution in [0.4, 0.5) is 0 Å². The molecule has 144 valence electrons. The summed E-state index contributed by atoms with van der Waals surface area (Å²) in [6.45, 7) is 2.06. The maximum atomic E-state index is 10.3. The largest absolute Gasteiger partial charge is 0.481 e. The van der Waals surface area contributed by atoms with Crippen molar-refractivity contribution in [1.82, 2.24) is 0 Å². The molecule has 0 aromatic carbocycles. The van der Waals surface area contributed by atoms with Crippen LogP contribution in [0.25, 0.3) is 0 Å². The number of rotatable bonds is 14. The summed E-state index contributed by atoms with van der Waals surface area (Å²) in [5.74, 6) is -0.787. The van der Waals surface area contributed by atoms with Crippen LogP contribution in [0, 0.1) is 0 Å². The van der Waals surface area contributed by atoms with Gasteiger partial charge < -0.3 is 15.3 Å². The molecular formula is C22H32O4. The number of aliphatic carboxylic acids is 1. The molecule has 0 amide bonds. The molecule has 0 saturated carbocycles. The van der Waals surface area contributed by atoms with E-state index in [0.717, 1.165) is 12.8 Å². The predicted molar refractivity (Wildman–Crippen MR) is 108 cm³/mol. The van der Waals surface area contributed by atoms with Gasteiger partial charge in [-0.05, 0) is 32.1 Å². The number of carbonyl (C=O) groups is 1. The zero-order valence-corrected chi connectivity index (χ0v) is 15.6. The van der Waals surface area contributed by atoms with Gasteiger partial charge in [-0.15, -0.1) is 0 Å². The molecule has 0 aromatic heterocycles. The smallest absolute Gasteiger partial charge is 0.303 e. The summed E-state index contributed by atoms with van der Waals surface area (Å²) < 4.78 is 0. The zero-order chi connectivity index (χ0) is 19.5. The first-order valence-electron chi connectivity index (χ1n) is 9.10. The Bertz CT molecular complexity index is 524. The summed E-state index contributed by atoms with van der Waals surface area (Å²) in [7, 11) is 0. The van der Waals surface area contributed by atoms with Gasteiger partial charge in [-0.2, -0.15) is 0 Å². The molecule has 0 saturated heterocycles. The number of carboxylic acids is 1. The van der Waals surface area contributed by atoms with Crippen LogP contribution >= 0.6 is 0 Å². The van der Waals surface area contributed by atoms with Crippen molar-refractivity contribution in [3.8, 4) is 0 Å². The minimum absolute atomic E-state index is 0.154. The van der Waals surface area contributed by atoms with Crippen LogP contribution in [0.3, 0.4) is 0 Å². The number of hydrogen-bond acceptors (Lipinski definition) is 3. The van der Waals surface area contributed by atoms with E-state index in [1.54, 1.807) is 24.3 Å². The molecule has 0 heterocycles. The summed E-state index contributed by atoms with van der Waals surface area (Å²) in [5, 5.41) is 28.0. The van der Waals surface area contributed by atoms with E-state index >= 15 is 0 Å². The maximum absolute atomic E-state index is 10.3. The average Bonchev–Trinajstić information content (AvgIpc) is 2.60. The summed E-state index contributed by atoms with van der Waals surface area (Å²) in [4.78, 5) is 10.3. The van der Waals surface area contributed by atoms with Gasteiger partial charge in [0.2, 0.25) is 0 Å². The van der Waals surface area contributed by atoms with Gasteiger partial charge >= 0.3 is 5.97 Å².